The summed E-state index contributed by atoms with van der Waals surface area (Å²) < 4.78 is 0. The lowest BCUT2D eigenvalue weighted by atomic mass is 9.76. The van der Waals surface area contributed by atoms with Crippen LogP contribution in [0.5, 0.6) is 0 Å². The Labute approximate surface area is 156 Å². The molecule has 0 spiro atoms. The summed E-state index contributed by atoms with van der Waals surface area (Å²) in [6.45, 7) is 3.95. The molecule has 26 heavy (non-hydrogen) atoms. The number of hydrogen-bond acceptors (Lipinski definition) is 1. The Hall–Kier alpha value is -2.29. The molecule has 0 saturated carbocycles. The van der Waals surface area contributed by atoms with E-state index in [-0.39, 0.29) is 17.5 Å². The lowest BCUT2D eigenvalue weighted by Gasteiger charge is -2.41. The molecule has 2 amide bonds. The van der Waals surface area contributed by atoms with E-state index in [1.54, 1.807) is 0 Å². The van der Waals surface area contributed by atoms with Crippen molar-refractivity contribution in [3.63, 3.8) is 0 Å². The molecule has 2 aliphatic rings. The normalized spacial score (nSPS) is 25.4. The number of aryl methyl sites for hydroxylation is 1. The average molecular weight is 348 g/mol. The highest BCUT2D eigenvalue weighted by atomic mass is 16.2. The molecule has 1 N–H and O–H groups in total. The molecule has 1 heterocycles. The van der Waals surface area contributed by atoms with Gasteiger partial charge in [0.1, 0.15) is 0 Å². The lowest BCUT2D eigenvalue weighted by molar-refractivity contribution is 0.152. The summed E-state index contributed by atoms with van der Waals surface area (Å²) in [5.74, 6) is 0. The van der Waals surface area contributed by atoms with Crippen molar-refractivity contribution in [2.24, 2.45) is 0 Å². The second kappa shape index (κ2) is 7.14. The molecule has 3 nitrogen and oxygen atoms in total. The first kappa shape index (κ1) is 17.1. The summed E-state index contributed by atoms with van der Waals surface area (Å²) >= 11 is 0. The minimum atomic E-state index is 0.0516. The summed E-state index contributed by atoms with van der Waals surface area (Å²) in [6.07, 6.45) is 5.24. The number of urea groups is 1. The number of carbonyl (C=O) groups is 1. The number of carbonyl (C=O) groups excluding carboxylic acids is 1. The van der Waals surface area contributed by atoms with Gasteiger partial charge in [0.05, 0.1) is 0 Å². The average Bonchev–Trinajstić information content (AvgIpc) is 2.68. The largest absolute Gasteiger partial charge is 0.335 e. The van der Waals surface area contributed by atoms with Crippen LogP contribution in [0.1, 0.15) is 42.9 Å². The Kier molecular flexibility index (Phi) is 4.71. The molecular formula is C23H28N2O. The van der Waals surface area contributed by atoms with Crippen LogP contribution in [0.4, 0.5) is 4.79 Å². The van der Waals surface area contributed by atoms with Gasteiger partial charge < -0.3 is 10.2 Å². The zero-order chi connectivity index (χ0) is 18.0. The van der Waals surface area contributed by atoms with Crippen molar-refractivity contribution in [3.8, 4) is 0 Å². The molecule has 4 rings (SSSR count). The van der Waals surface area contributed by atoms with Crippen molar-refractivity contribution >= 4 is 6.03 Å². The highest BCUT2D eigenvalue weighted by molar-refractivity contribution is 5.75. The van der Waals surface area contributed by atoms with Gasteiger partial charge in [-0.1, -0.05) is 61.5 Å². The predicted molar refractivity (Wildman–Crippen MR) is 105 cm³/mol. The Bertz CT molecular complexity index is 773. The van der Waals surface area contributed by atoms with Gasteiger partial charge in [-0.15, -0.1) is 0 Å². The van der Waals surface area contributed by atoms with Crippen LogP contribution in [0, 0.1) is 0 Å². The third kappa shape index (κ3) is 3.48. The van der Waals surface area contributed by atoms with Gasteiger partial charge in [0.2, 0.25) is 0 Å². The molecule has 2 aromatic carbocycles. The molecule has 1 fully saturated rings. The SMILES string of the molecule is CC1(c2ccccc2)CCCN(C(=O)NC2CCc3ccccc3C2)C1. The van der Waals surface area contributed by atoms with Gasteiger partial charge in [0.25, 0.3) is 0 Å². The maximum Gasteiger partial charge on any atom is 0.317 e. The number of fused-ring (bicyclic) bond motifs is 1. The van der Waals surface area contributed by atoms with E-state index >= 15 is 0 Å². The second-order valence-electron chi connectivity index (χ2n) is 8.11. The lowest BCUT2D eigenvalue weighted by Crippen LogP contribution is -2.53. The highest BCUT2D eigenvalue weighted by Gasteiger charge is 2.35. The molecule has 0 aromatic heterocycles. The van der Waals surface area contributed by atoms with Crippen LogP contribution in [0.25, 0.3) is 0 Å². The van der Waals surface area contributed by atoms with Gasteiger partial charge >= 0.3 is 6.03 Å². The zero-order valence-corrected chi connectivity index (χ0v) is 15.6. The van der Waals surface area contributed by atoms with E-state index in [9.17, 15) is 4.79 Å². The highest BCUT2D eigenvalue weighted by Crippen LogP contribution is 2.33. The molecule has 0 radical (unpaired) electrons. The number of nitrogens with zero attached hydrogens (tertiary/aromatic N) is 1. The van der Waals surface area contributed by atoms with E-state index in [0.29, 0.717) is 0 Å². The molecule has 0 bridgehead atoms. The van der Waals surface area contributed by atoms with E-state index < -0.39 is 0 Å². The topological polar surface area (TPSA) is 32.3 Å². The summed E-state index contributed by atoms with van der Waals surface area (Å²) in [4.78, 5) is 14.9. The Morgan fingerprint density at radius 2 is 1.81 bits per heavy atom. The van der Waals surface area contributed by atoms with Gasteiger partial charge in [-0.05, 0) is 48.8 Å². The molecule has 136 valence electrons. The summed E-state index contributed by atoms with van der Waals surface area (Å²) in [5, 5.41) is 3.31. The molecule has 2 unspecified atom stereocenters. The molecule has 1 aliphatic heterocycles. The quantitative estimate of drug-likeness (QED) is 0.862. The van der Waals surface area contributed by atoms with Crippen LogP contribution in [0.3, 0.4) is 0 Å². The standard InChI is InChI=1S/C23H28N2O/c1-23(20-10-3-2-4-11-20)14-7-15-25(17-23)22(26)24-21-13-12-18-8-5-6-9-19(18)16-21/h2-6,8-11,21H,7,12-17H2,1H3,(H,24,26). The number of rotatable bonds is 2. The summed E-state index contributed by atoms with van der Waals surface area (Å²) in [5.41, 5.74) is 4.21. The van der Waals surface area contributed by atoms with Crippen LogP contribution < -0.4 is 5.32 Å². The molecular weight excluding hydrogens is 320 g/mol. The first-order chi connectivity index (χ1) is 12.6. The van der Waals surface area contributed by atoms with Gasteiger partial charge in [-0.3, -0.25) is 0 Å². The van der Waals surface area contributed by atoms with Crippen LogP contribution in [-0.2, 0) is 18.3 Å². The van der Waals surface area contributed by atoms with Crippen molar-refractivity contribution in [3.05, 3.63) is 71.3 Å². The Morgan fingerprint density at radius 3 is 2.62 bits per heavy atom. The van der Waals surface area contributed by atoms with Crippen LogP contribution in [0.2, 0.25) is 0 Å². The molecule has 3 heteroatoms. The van der Waals surface area contributed by atoms with E-state index in [4.69, 9.17) is 0 Å². The zero-order valence-electron chi connectivity index (χ0n) is 15.6. The van der Waals surface area contributed by atoms with Crippen LogP contribution in [-0.4, -0.2) is 30.1 Å². The fourth-order valence-electron chi connectivity index (χ4n) is 4.58. The summed E-state index contributed by atoms with van der Waals surface area (Å²) in [7, 11) is 0. The van der Waals surface area contributed by atoms with Gasteiger partial charge in [-0.2, -0.15) is 0 Å². The van der Waals surface area contributed by atoms with Crippen LogP contribution >= 0.6 is 0 Å². The van der Waals surface area contributed by atoms with Gasteiger partial charge in [0, 0.05) is 24.5 Å². The minimum Gasteiger partial charge on any atom is -0.335 e. The Morgan fingerprint density at radius 1 is 1.08 bits per heavy atom. The maximum absolute atomic E-state index is 12.9. The number of amides is 2. The molecule has 2 aromatic rings. The number of likely N-dealkylation sites (tertiary alicyclic amines) is 1. The van der Waals surface area contributed by atoms with E-state index in [2.05, 4.69) is 66.8 Å². The molecule has 2 atom stereocenters. The maximum atomic E-state index is 12.9. The third-order valence-electron chi connectivity index (χ3n) is 6.13. The predicted octanol–water partition coefficient (Wildman–Crippen LogP) is 4.31. The number of benzene rings is 2. The van der Waals surface area contributed by atoms with Crippen molar-refractivity contribution in [2.75, 3.05) is 13.1 Å². The third-order valence-corrected chi connectivity index (χ3v) is 6.13. The fourth-order valence-corrected chi connectivity index (χ4v) is 4.58. The first-order valence-corrected chi connectivity index (χ1v) is 9.82. The van der Waals surface area contributed by atoms with E-state index in [1.165, 1.54) is 16.7 Å². The monoisotopic (exact) mass is 348 g/mol. The first-order valence-electron chi connectivity index (χ1n) is 9.82. The van der Waals surface area contributed by atoms with Crippen molar-refractivity contribution in [2.45, 2.75) is 50.5 Å². The Balaban J connectivity index is 1.41. The van der Waals surface area contributed by atoms with Crippen molar-refractivity contribution in [1.29, 1.82) is 0 Å². The minimum absolute atomic E-state index is 0.0516. The number of nitrogens with one attached hydrogen (secondary N) is 1. The van der Waals surface area contributed by atoms with Gasteiger partial charge in [-0.25, -0.2) is 4.79 Å². The van der Waals surface area contributed by atoms with E-state index in [0.717, 1.165) is 45.2 Å². The van der Waals surface area contributed by atoms with Crippen molar-refractivity contribution < 1.29 is 4.79 Å². The smallest absolute Gasteiger partial charge is 0.317 e. The van der Waals surface area contributed by atoms with E-state index in [1.807, 2.05) is 4.90 Å². The summed E-state index contributed by atoms with van der Waals surface area (Å²) in [6, 6.07) is 19.6. The number of piperidine rings is 1. The molecule has 1 saturated heterocycles. The fraction of sp³-hybridized carbons (Fsp3) is 0.435. The van der Waals surface area contributed by atoms with Gasteiger partial charge in [0.15, 0.2) is 0 Å². The number of hydrogen-bond donors (Lipinski definition) is 1. The van der Waals surface area contributed by atoms with Crippen molar-refractivity contribution in [1.82, 2.24) is 10.2 Å². The molecule has 1 aliphatic carbocycles. The second-order valence-corrected chi connectivity index (χ2v) is 8.11. The van der Waals surface area contributed by atoms with Crippen LogP contribution in [0.15, 0.2) is 54.6 Å².